The van der Waals surface area contributed by atoms with Gasteiger partial charge in [-0.3, -0.25) is 18.6 Å². The highest BCUT2D eigenvalue weighted by atomic mass is 31.2. The molecule has 2 atom stereocenters. The minimum absolute atomic E-state index is 0.0355. The first-order valence-corrected chi connectivity index (χ1v) is 19.8. The van der Waals surface area contributed by atoms with E-state index in [0.29, 0.717) is 17.4 Å². The van der Waals surface area contributed by atoms with Crippen molar-refractivity contribution in [1.29, 1.82) is 0 Å². The smallest absolute Gasteiger partial charge is 0.462 e. The van der Waals surface area contributed by atoms with Crippen LogP contribution in [-0.2, 0) is 32.7 Å². The van der Waals surface area contributed by atoms with Crippen LogP contribution >= 0.6 is 7.82 Å². The van der Waals surface area contributed by atoms with Crippen molar-refractivity contribution in [1.82, 2.24) is 0 Å². The van der Waals surface area contributed by atoms with Crippen molar-refractivity contribution in [3.05, 3.63) is 0 Å². The van der Waals surface area contributed by atoms with Crippen LogP contribution in [0.5, 0.6) is 0 Å². The molecule has 0 spiro atoms. The number of phosphoric ester groups is 1. The number of quaternary nitrogens is 1. The Kier molecular flexibility index (Phi) is 28.5. The molecule has 10 heteroatoms. The van der Waals surface area contributed by atoms with Crippen LogP contribution in [-0.4, -0.2) is 74.9 Å². The Labute approximate surface area is 276 Å². The monoisotopic (exact) mass is 664 g/mol. The normalized spacial score (nSPS) is 13.8. The minimum atomic E-state index is -4.35. The van der Waals surface area contributed by atoms with Gasteiger partial charge in [-0.2, -0.15) is 0 Å². The van der Waals surface area contributed by atoms with Crippen molar-refractivity contribution in [3.8, 4) is 0 Å². The lowest BCUT2D eigenvalue weighted by molar-refractivity contribution is -0.870. The van der Waals surface area contributed by atoms with Crippen LogP contribution in [0.3, 0.4) is 0 Å². The van der Waals surface area contributed by atoms with Gasteiger partial charge in [0.15, 0.2) is 6.10 Å². The van der Waals surface area contributed by atoms with Crippen LogP contribution in [0, 0.1) is 0 Å². The van der Waals surface area contributed by atoms with E-state index in [1.807, 2.05) is 21.1 Å². The third-order valence-electron chi connectivity index (χ3n) is 7.89. The summed E-state index contributed by atoms with van der Waals surface area (Å²) in [5.41, 5.74) is 0. The summed E-state index contributed by atoms with van der Waals surface area (Å²) in [6.07, 6.45) is 24.9. The average Bonchev–Trinajstić information content (AvgIpc) is 2.97. The maximum Gasteiger partial charge on any atom is 0.472 e. The fourth-order valence-electron chi connectivity index (χ4n) is 4.95. The van der Waals surface area contributed by atoms with E-state index >= 15 is 0 Å². The summed E-state index contributed by atoms with van der Waals surface area (Å²) in [7, 11) is 1.48. The zero-order valence-electron chi connectivity index (χ0n) is 29.9. The standard InChI is InChI=1S/C35H70NO8P/c1-6-8-10-12-13-14-15-16-17-18-19-20-21-22-23-24-26-28-35(38)44-33(31-41-34(37)27-25-11-9-7-2)32-43-45(39,40)42-30-29-36(3,4)5/h33H,6-32H2,1-5H3/p+1. The van der Waals surface area contributed by atoms with Gasteiger partial charge in [0.2, 0.25) is 0 Å². The SMILES string of the molecule is CCCCCCCCCCCCCCCCCCCC(=O)OC(COC(=O)CCCCCC)COP(=O)(O)OCC[N+](C)(C)C. The van der Waals surface area contributed by atoms with Gasteiger partial charge in [0.05, 0.1) is 27.7 Å². The molecule has 0 saturated heterocycles. The number of rotatable bonds is 33. The van der Waals surface area contributed by atoms with E-state index in [0.717, 1.165) is 38.5 Å². The van der Waals surface area contributed by atoms with Gasteiger partial charge in [0.1, 0.15) is 19.8 Å². The molecule has 0 aromatic heterocycles. The number of phosphoric acid groups is 1. The van der Waals surface area contributed by atoms with Gasteiger partial charge < -0.3 is 18.9 Å². The third kappa shape index (κ3) is 32.7. The maximum absolute atomic E-state index is 12.5. The summed E-state index contributed by atoms with van der Waals surface area (Å²) in [6, 6.07) is 0. The van der Waals surface area contributed by atoms with E-state index in [4.69, 9.17) is 18.5 Å². The molecule has 0 bridgehead atoms. The van der Waals surface area contributed by atoms with Crippen LogP contribution in [0.15, 0.2) is 0 Å². The van der Waals surface area contributed by atoms with Crippen LogP contribution in [0.25, 0.3) is 0 Å². The number of ether oxygens (including phenoxy) is 2. The first kappa shape index (κ1) is 44.0. The van der Waals surface area contributed by atoms with Gasteiger partial charge in [-0.1, -0.05) is 136 Å². The Morgan fingerprint density at radius 1 is 0.600 bits per heavy atom. The number of carbonyl (C=O) groups excluding carboxylic acids is 2. The zero-order chi connectivity index (χ0) is 33.7. The number of hydrogen-bond donors (Lipinski definition) is 1. The number of unbranched alkanes of at least 4 members (excludes halogenated alkanes) is 19. The Morgan fingerprint density at radius 2 is 1.00 bits per heavy atom. The van der Waals surface area contributed by atoms with Crippen LogP contribution < -0.4 is 0 Å². The molecule has 9 nitrogen and oxygen atoms in total. The summed E-state index contributed by atoms with van der Waals surface area (Å²) in [5, 5.41) is 0. The number of carbonyl (C=O) groups is 2. The molecule has 0 aromatic rings. The van der Waals surface area contributed by atoms with Gasteiger partial charge in [-0.15, -0.1) is 0 Å². The molecule has 0 fully saturated rings. The van der Waals surface area contributed by atoms with Crippen LogP contribution in [0.4, 0.5) is 0 Å². The van der Waals surface area contributed by atoms with E-state index in [1.165, 1.54) is 89.9 Å². The van der Waals surface area contributed by atoms with Crippen molar-refractivity contribution in [3.63, 3.8) is 0 Å². The van der Waals surface area contributed by atoms with Crippen molar-refractivity contribution in [2.45, 2.75) is 168 Å². The molecule has 0 rings (SSSR count). The second-order valence-corrected chi connectivity index (χ2v) is 15.1. The molecule has 45 heavy (non-hydrogen) atoms. The third-order valence-corrected chi connectivity index (χ3v) is 8.87. The zero-order valence-corrected chi connectivity index (χ0v) is 30.8. The lowest BCUT2D eigenvalue weighted by Crippen LogP contribution is -2.37. The average molecular weight is 665 g/mol. The fourth-order valence-corrected chi connectivity index (χ4v) is 5.70. The molecule has 0 heterocycles. The van der Waals surface area contributed by atoms with Crippen molar-refractivity contribution < 1.29 is 42.1 Å². The van der Waals surface area contributed by atoms with Gasteiger partial charge in [0, 0.05) is 12.8 Å². The molecule has 2 unspecified atom stereocenters. The summed E-state index contributed by atoms with van der Waals surface area (Å²) >= 11 is 0. The largest absolute Gasteiger partial charge is 0.472 e. The second kappa shape index (κ2) is 29.2. The topological polar surface area (TPSA) is 108 Å². The molecule has 268 valence electrons. The predicted molar refractivity (Wildman–Crippen MR) is 183 cm³/mol. The molecular weight excluding hydrogens is 593 g/mol. The quantitative estimate of drug-likeness (QED) is 0.0320. The predicted octanol–water partition coefficient (Wildman–Crippen LogP) is 9.29. The molecule has 0 saturated carbocycles. The van der Waals surface area contributed by atoms with Crippen molar-refractivity contribution >= 4 is 19.8 Å². The Bertz CT molecular complexity index is 758. The lowest BCUT2D eigenvalue weighted by Gasteiger charge is -2.24. The summed E-state index contributed by atoms with van der Waals surface area (Å²) in [4.78, 5) is 34.7. The molecular formula is C35H71NO8P+. The van der Waals surface area contributed by atoms with E-state index < -0.39 is 26.5 Å². The number of esters is 2. The first-order valence-electron chi connectivity index (χ1n) is 18.3. The van der Waals surface area contributed by atoms with Crippen LogP contribution in [0.1, 0.15) is 162 Å². The van der Waals surface area contributed by atoms with E-state index in [-0.39, 0.29) is 32.0 Å². The highest BCUT2D eigenvalue weighted by Gasteiger charge is 2.27. The first-order chi connectivity index (χ1) is 21.5. The molecule has 0 amide bonds. The highest BCUT2D eigenvalue weighted by molar-refractivity contribution is 7.47. The van der Waals surface area contributed by atoms with Gasteiger partial charge in [-0.05, 0) is 12.8 Å². The number of hydrogen-bond acceptors (Lipinski definition) is 7. The number of likely N-dealkylation sites (N-methyl/N-ethyl adjacent to an activating group) is 1. The summed E-state index contributed by atoms with van der Waals surface area (Å²) < 4.78 is 33.9. The maximum atomic E-state index is 12.5. The van der Waals surface area contributed by atoms with E-state index in [1.54, 1.807) is 0 Å². The van der Waals surface area contributed by atoms with E-state index in [9.17, 15) is 19.0 Å². The van der Waals surface area contributed by atoms with Gasteiger partial charge in [0.25, 0.3) is 0 Å². The summed E-state index contributed by atoms with van der Waals surface area (Å²) in [6.45, 7) is 4.29. The van der Waals surface area contributed by atoms with Crippen LogP contribution in [0.2, 0.25) is 0 Å². The Balaban J connectivity index is 4.21. The van der Waals surface area contributed by atoms with Gasteiger partial charge >= 0.3 is 19.8 Å². The Hall–Kier alpha value is -0.990. The van der Waals surface area contributed by atoms with Gasteiger partial charge in [-0.25, -0.2) is 4.57 Å². The highest BCUT2D eigenvalue weighted by Crippen LogP contribution is 2.43. The summed E-state index contributed by atoms with van der Waals surface area (Å²) in [5.74, 6) is -0.811. The lowest BCUT2D eigenvalue weighted by atomic mass is 10.0. The second-order valence-electron chi connectivity index (χ2n) is 13.6. The molecule has 0 aliphatic carbocycles. The number of nitrogens with zero attached hydrogens (tertiary/aromatic N) is 1. The molecule has 0 aliphatic rings. The Morgan fingerprint density at radius 3 is 1.44 bits per heavy atom. The molecule has 0 radical (unpaired) electrons. The van der Waals surface area contributed by atoms with Crippen molar-refractivity contribution in [2.75, 3.05) is 47.5 Å². The fraction of sp³-hybridized carbons (Fsp3) is 0.943. The minimum Gasteiger partial charge on any atom is -0.462 e. The van der Waals surface area contributed by atoms with E-state index in [2.05, 4.69) is 13.8 Å². The molecule has 0 aromatic carbocycles. The van der Waals surface area contributed by atoms with Crippen molar-refractivity contribution in [2.24, 2.45) is 0 Å². The molecule has 0 aliphatic heterocycles. The molecule has 1 N–H and O–H groups in total.